The topological polar surface area (TPSA) is 25.8 Å². The van der Waals surface area contributed by atoms with Gasteiger partial charge in [0.05, 0.1) is 0 Å². The molecule has 0 unspecified atom stereocenters. The molecule has 0 radical (unpaired) electrons. The van der Waals surface area contributed by atoms with Crippen molar-refractivity contribution >= 4 is 0 Å². The number of hydrogen-bond acceptors (Lipinski definition) is 2. The standard InChI is InChI=1S/C14H16N2/c1-10(2)13-8-16-9-14(11(13)3)12-4-6-15-7-5-12/h4-10H,1-3H3. The van der Waals surface area contributed by atoms with Gasteiger partial charge in [0.2, 0.25) is 0 Å². The van der Waals surface area contributed by atoms with Crippen molar-refractivity contribution < 1.29 is 0 Å². The molecule has 0 spiro atoms. The van der Waals surface area contributed by atoms with E-state index in [1.807, 2.05) is 36.9 Å². The Labute approximate surface area is 96.4 Å². The zero-order chi connectivity index (χ0) is 11.5. The molecule has 2 aromatic rings. The maximum absolute atomic E-state index is 4.32. The van der Waals surface area contributed by atoms with Crippen LogP contribution in [-0.2, 0) is 0 Å². The fourth-order valence-electron chi connectivity index (χ4n) is 1.95. The predicted octanol–water partition coefficient (Wildman–Crippen LogP) is 3.58. The molecule has 82 valence electrons. The molecule has 0 aliphatic heterocycles. The third-order valence-electron chi connectivity index (χ3n) is 2.87. The fourth-order valence-corrected chi connectivity index (χ4v) is 1.95. The van der Waals surface area contributed by atoms with Crippen molar-refractivity contribution in [2.24, 2.45) is 0 Å². The first-order valence-electron chi connectivity index (χ1n) is 5.55. The van der Waals surface area contributed by atoms with Gasteiger partial charge in [0.1, 0.15) is 0 Å². The van der Waals surface area contributed by atoms with Crippen LogP contribution in [0.1, 0.15) is 30.9 Å². The summed E-state index contributed by atoms with van der Waals surface area (Å²) in [6.45, 7) is 6.55. The van der Waals surface area contributed by atoms with Crippen LogP contribution in [-0.4, -0.2) is 9.97 Å². The van der Waals surface area contributed by atoms with Crippen molar-refractivity contribution in [2.75, 3.05) is 0 Å². The Morgan fingerprint density at radius 2 is 1.69 bits per heavy atom. The molecule has 0 aliphatic carbocycles. The number of nitrogens with zero attached hydrogens (tertiary/aromatic N) is 2. The van der Waals surface area contributed by atoms with Crippen LogP contribution in [0.15, 0.2) is 36.9 Å². The van der Waals surface area contributed by atoms with Crippen LogP contribution in [0.4, 0.5) is 0 Å². The Hall–Kier alpha value is -1.70. The summed E-state index contributed by atoms with van der Waals surface area (Å²) in [7, 11) is 0. The lowest BCUT2D eigenvalue weighted by molar-refractivity contribution is 0.848. The van der Waals surface area contributed by atoms with Crippen LogP contribution < -0.4 is 0 Å². The maximum atomic E-state index is 4.32. The molecule has 2 rings (SSSR count). The second-order valence-electron chi connectivity index (χ2n) is 4.29. The van der Waals surface area contributed by atoms with Crippen molar-refractivity contribution in [3.63, 3.8) is 0 Å². The number of rotatable bonds is 2. The molecule has 0 bridgehead atoms. The van der Waals surface area contributed by atoms with Gasteiger partial charge >= 0.3 is 0 Å². The van der Waals surface area contributed by atoms with Gasteiger partial charge in [-0.25, -0.2) is 0 Å². The molecule has 2 nitrogen and oxygen atoms in total. The first-order chi connectivity index (χ1) is 7.70. The minimum atomic E-state index is 0.509. The minimum absolute atomic E-state index is 0.509. The van der Waals surface area contributed by atoms with E-state index >= 15 is 0 Å². The highest BCUT2D eigenvalue weighted by Crippen LogP contribution is 2.27. The van der Waals surface area contributed by atoms with E-state index < -0.39 is 0 Å². The average Bonchev–Trinajstić information content (AvgIpc) is 2.30. The fraction of sp³-hybridized carbons (Fsp3) is 0.286. The molecule has 2 heteroatoms. The van der Waals surface area contributed by atoms with Crippen LogP contribution in [0.2, 0.25) is 0 Å². The molecule has 0 atom stereocenters. The lowest BCUT2D eigenvalue weighted by Gasteiger charge is -2.13. The average molecular weight is 212 g/mol. The first-order valence-corrected chi connectivity index (χ1v) is 5.55. The molecule has 0 saturated carbocycles. The van der Waals surface area contributed by atoms with E-state index in [0.717, 1.165) is 0 Å². The van der Waals surface area contributed by atoms with E-state index in [4.69, 9.17) is 0 Å². The molecule has 16 heavy (non-hydrogen) atoms. The Morgan fingerprint density at radius 1 is 1.00 bits per heavy atom. The van der Waals surface area contributed by atoms with Crippen LogP contribution in [0.25, 0.3) is 11.1 Å². The molecule has 2 aromatic heterocycles. The van der Waals surface area contributed by atoms with Crippen molar-refractivity contribution in [3.8, 4) is 11.1 Å². The number of pyridine rings is 2. The third-order valence-corrected chi connectivity index (χ3v) is 2.87. The van der Waals surface area contributed by atoms with E-state index in [1.54, 1.807) is 0 Å². The van der Waals surface area contributed by atoms with Gasteiger partial charge in [0.15, 0.2) is 0 Å². The number of hydrogen-bond donors (Lipinski definition) is 0. The number of aromatic nitrogens is 2. The molecular weight excluding hydrogens is 196 g/mol. The van der Waals surface area contributed by atoms with Crippen molar-refractivity contribution in [2.45, 2.75) is 26.7 Å². The van der Waals surface area contributed by atoms with Crippen molar-refractivity contribution in [1.82, 2.24) is 9.97 Å². The Kier molecular flexibility index (Phi) is 3.00. The highest BCUT2D eigenvalue weighted by Gasteiger charge is 2.09. The van der Waals surface area contributed by atoms with E-state index in [0.29, 0.717) is 5.92 Å². The van der Waals surface area contributed by atoms with Crippen LogP contribution in [0, 0.1) is 6.92 Å². The molecule has 0 fully saturated rings. The van der Waals surface area contributed by atoms with Crippen molar-refractivity contribution in [1.29, 1.82) is 0 Å². The van der Waals surface area contributed by atoms with Gasteiger partial charge in [-0.1, -0.05) is 13.8 Å². The van der Waals surface area contributed by atoms with Gasteiger partial charge in [-0.2, -0.15) is 0 Å². The molecular formula is C14H16N2. The Bertz CT molecular complexity index is 475. The van der Waals surface area contributed by atoms with Gasteiger partial charge in [-0.3, -0.25) is 9.97 Å². The zero-order valence-corrected chi connectivity index (χ0v) is 9.94. The monoisotopic (exact) mass is 212 g/mol. The van der Waals surface area contributed by atoms with Crippen LogP contribution in [0.3, 0.4) is 0 Å². The van der Waals surface area contributed by atoms with Crippen LogP contribution >= 0.6 is 0 Å². The molecule has 0 aliphatic rings. The lowest BCUT2D eigenvalue weighted by atomic mass is 9.94. The highest BCUT2D eigenvalue weighted by atomic mass is 14.6. The quantitative estimate of drug-likeness (QED) is 0.760. The second kappa shape index (κ2) is 4.44. The van der Waals surface area contributed by atoms with Gasteiger partial charge < -0.3 is 0 Å². The predicted molar refractivity (Wildman–Crippen MR) is 66.3 cm³/mol. The summed E-state index contributed by atoms with van der Waals surface area (Å²) in [6.07, 6.45) is 7.52. The second-order valence-corrected chi connectivity index (χ2v) is 4.29. The molecule has 0 aromatic carbocycles. The van der Waals surface area contributed by atoms with E-state index in [2.05, 4.69) is 30.7 Å². The Morgan fingerprint density at radius 3 is 2.31 bits per heavy atom. The summed E-state index contributed by atoms with van der Waals surface area (Å²) >= 11 is 0. The summed E-state index contributed by atoms with van der Waals surface area (Å²) in [4.78, 5) is 8.36. The molecule has 2 heterocycles. The van der Waals surface area contributed by atoms with E-state index in [9.17, 15) is 0 Å². The summed E-state index contributed by atoms with van der Waals surface area (Å²) in [5.74, 6) is 0.509. The van der Waals surface area contributed by atoms with Gasteiger partial charge in [0, 0.05) is 30.4 Å². The summed E-state index contributed by atoms with van der Waals surface area (Å²) < 4.78 is 0. The molecule has 0 amide bonds. The normalized spacial score (nSPS) is 10.8. The van der Waals surface area contributed by atoms with Crippen molar-refractivity contribution in [3.05, 3.63) is 48.0 Å². The largest absolute Gasteiger partial charge is 0.265 e. The summed E-state index contributed by atoms with van der Waals surface area (Å²) in [6, 6.07) is 4.04. The SMILES string of the molecule is Cc1c(-c2ccncc2)cncc1C(C)C. The van der Waals surface area contributed by atoms with Gasteiger partial charge in [0.25, 0.3) is 0 Å². The van der Waals surface area contributed by atoms with E-state index in [1.165, 1.54) is 22.3 Å². The summed E-state index contributed by atoms with van der Waals surface area (Å²) in [5.41, 5.74) is 5.02. The summed E-state index contributed by atoms with van der Waals surface area (Å²) in [5, 5.41) is 0. The van der Waals surface area contributed by atoms with Crippen LogP contribution in [0.5, 0.6) is 0 Å². The maximum Gasteiger partial charge on any atom is 0.0349 e. The Balaban J connectivity index is 2.55. The van der Waals surface area contributed by atoms with Gasteiger partial charge in [-0.15, -0.1) is 0 Å². The zero-order valence-electron chi connectivity index (χ0n) is 9.94. The van der Waals surface area contributed by atoms with E-state index in [-0.39, 0.29) is 0 Å². The highest BCUT2D eigenvalue weighted by molar-refractivity contribution is 5.67. The molecule has 0 N–H and O–H groups in total. The minimum Gasteiger partial charge on any atom is -0.265 e. The molecule has 0 saturated heterocycles. The smallest absolute Gasteiger partial charge is 0.0349 e. The van der Waals surface area contributed by atoms with Gasteiger partial charge in [-0.05, 0) is 41.7 Å². The first kappa shape index (κ1) is 10.8. The third kappa shape index (κ3) is 1.96. The lowest BCUT2D eigenvalue weighted by Crippen LogP contribution is -1.96.